The van der Waals surface area contributed by atoms with Crippen LogP contribution in [0.15, 0.2) is 71.4 Å². The predicted octanol–water partition coefficient (Wildman–Crippen LogP) is 4.75. The van der Waals surface area contributed by atoms with Gasteiger partial charge in [-0.15, -0.1) is 0 Å². The van der Waals surface area contributed by atoms with Gasteiger partial charge in [0.1, 0.15) is 0 Å². The third-order valence-corrected chi connectivity index (χ3v) is 4.42. The number of cyclic esters (lactones) is 1. The lowest BCUT2D eigenvalue weighted by Crippen LogP contribution is -2.06. The second-order valence-electron chi connectivity index (χ2n) is 5.86. The molecule has 0 spiro atoms. The lowest BCUT2D eigenvalue weighted by atomic mass is 10.1. The Morgan fingerprint density at radius 1 is 1.04 bits per heavy atom. The minimum absolute atomic E-state index is 0.0549. The number of aliphatic imine (C=N–C) groups is 1. The number of fused-ring (bicyclic) bond motifs is 1. The van der Waals surface area contributed by atoms with Crippen molar-refractivity contribution in [3.8, 4) is 0 Å². The van der Waals surface area contributed by atoms with Crippen LogP contribution in [0.3, 0.4) is 0 Å². The third-order valence-electron chi connectivity index (χ3n) is 4.09. The number of carbonyl (C=O) groups excluding carboxylic acids is 1. The fourth-order valence-corrected chi connectivity index (χ4v) is 2.97. The fourth-order valence-electron chi connectivity index (χ4n) is 2.77. The van der Waals surface area contributed by atoms with Crippen molar-refractivity contribution in [1.29, 1.82) is 0 Å². The summed E-state index contributed by atoms with van der Waals surface area (Å²) in [5.74, 6) is -0.693. The average molecular weight is 379 g/mol. The summed E-state index contributed by atoms with van der Waals surface area (Å²) in [6.07, 6.45) is 1.60. The minimum atomic E-state index is -0.638. The second kappa shape index (κ2) is 6.66. The van der Waals surface area contributed by atoms with Gasteiger partial charge in [-0.3, -0.25) is 10.1 Å². The van der Waals surface area contributed by atoms with E-state index in [0.29, 0.717) is 0 Å². The van der Waals surface area contributed by atoms with Crippen molar-refractivity contribution in [3.63, 3.8) is 0 Å². The molecule has 0 aromatic heterocycles. The Labute approximate surface area is 158 Å². The Morgan fingerprint density at radius 2 is 1.81 bits per heavy atom. The van der Waals surface area contributed by atoms with Crippen LogP contribution in [0.5, 0.6) is 0 Å². The van der Waals surface area contributed by atoms with Gasteiger partial charge in [0.15, 0.2) is 5.70 Å². The van der Waals surface area contributed by atoms with Gasteiger partial charge in [-0.25, -0.2) is 9.79 Å². The minimum Gasteiger partial charge on any atom is -0.402 e. The van der Waals surface area contributed by atoms with E-state index >= 15 is 0 Å². The molecule has 6 nitrogen and oxygen atoms in total. The van der Waals surface area contributed by atoms with Crippen molar-refractivity contribution >= 4 is 46.0 Å². The normalized spacial score (nSPS) is 15.1. The first kappa shape index (κ1) is 16.9. The summed E-state index contributed by atoms with van der Waals surface area (Å²) in [6.45, 7) is 0. The molecule has 27 heavy (non-hydrogen) atoms. The number of rotatable bonds is 3. The van der Waals surface area contributed by atoms with Crippen LogP contribution in [0.1, 0.15) is 11.1 Å². The number of halogens is 1. The molecule has 3 aromatic rings. The van der Waals surface area contributed by atoms with Gasteiger partial charge < -0.3 is 4.74 Å². The van der Waals surface area contributed by atoms with Crippen molar-refractivity contribution in [1.82, 2.24) is 0 Å². The van der Waals surface area contributed by atoms with E-state index in [0.717, 1.165) is 16.3 Å². The van der Waals surface area contributed by atoms with E-state index < -0.39 is 10.9 Å². The number of non-ortho nitro benzene ring substituents is 1. The van der Waals surface area contributed by atoms with Crippen LogP contribution in [0.2, 0.25) is 5.02 Å². The molecule has 1 aliphatic rings. The number of hydrogen-bond acceptors (Lipinski definition) is 5. The van der Waals surface area contributed by atoms with Gasteiger partial charge in [-0.1, -0.05) is 48.0 Å². The van der Waals surface area contributed by atoms with Crippen LogP contribution in [0, 0.1) is 10.1 Å². The zero-order valence-electron chi connectivity index (χ0n) is 13.8. The molecule has 0 aliphatic carbocycles. The molecule has 0 unspecified atom stereocenters. The molecule has 0 saturated heterocycles. The molecule has 0 amide bonds. The highest BCUT2D eigenvalue weighted by atomic mass is 35.5. The Balaban J connectivity index is 1.73. The van der Waals surface area contributed by atoms with Gasteiger partial charge in [0.05, 0.1) is 15.5 Å². The van der Waals surface area contributed by atoms with Gasteiger partial charge in [0, 0.05) is 12.1 Å². The molecule has 1 heterocycles. The molecule has 0 N–H and O–H groups in total. The lowest BCUT2D eigenvalue weighted by molar-refractivity contribution is -0.384. The number of nitro benzene ring substituents is 1. The van der Waals surface area contributed by atoms with E-state index in [1.165, 1.54) is 18.2 Å². The van der Waals surface area contributed by atoms with Gasteiger partial charge in [0.25, 0.3) is 5.69 Å². The molecule has 1 aliphatic heterocycles. The maximum absolute atomic E-state index is 12.2. The molecule has 0 fully saturated rings. The van der Waals surface area contributed by atoms with Crippen LogP contribution in [0.4, 0.5) is 5.69 Å². The fraction of sp³-hybridized carbons (Fsp3) is 0. The first-order chi connectivity index (χ1) is 13.0. The Bertz CT molecular complexity index is 1170. The summed E-state index contributed by atoms with van der Waals surface area (Å²) in [6, 6.07) is 17.5. The monoisotopic (exact) mass is 378 g/mol. The van der Waals surface area contributed by atoms with Crippen LogP contribution >= 0.6 is 11.6 Å². The number of esters is 1. The number of nitrogens with zero attached hydrogens (tertiary/aromatic N) is 2. The Kier molecular flexibility index (Phi) is 4.18. The summed E-state index contributed by atoms with van der Waals surface area (Å²) < 4.78 is 5.17. The predicted molar refractivity (Wildman–Crippen MR) is 103 cm³/mol. The third kappa shape index (κ3) is 3.30. The van der Waals surface area contributed by atoms with Crippen molar-refractivity contribution < 1.29 is 14.5 Å². The quantitative estimate of drug-likeness (QED) is 0.285. The van der Waals surface area contributed by atoms with Gasteiger partial charge >= 0.3 is 5.97 Å². The molecular formula is C20H11ClN2O4. The highest BCUT2D eigenvalue weighted by molar-refractivity contribution is 6.34. The molecule has 7 heteroatoms. The van der Waals surface area contributed by atoms with E-state index in [2.05, 4.69) is 4.99 Å². The van der Waals surface area contributed by atoms with Crippen LogP contribution in [0.25, 0.3) is 16.8 Å². The van der Waals surface area contributed by atoms with Crippen molar-refractivity contribution in [2.24, 2.45) is 4.99 Å². The van der Waals surface area contributed by atoms with Gasteiger partial charge in [-0.2, -0.15) is 0 Å². The summed E-state index contributed by atoms with van der Waals surface area (Å²) in [5, 5.41) is 13.3. The first-order valence-electron chi connectivity index (χ1n) is 7.97. The number of benzene rings is 3. The second-order valence-corrected chi connectivity index (χ2v) is 6.27. The maximum Gasteiger partial charge on any atom is 0.363 e. The van der Waals surface area contributed by atoms with E-state index in [9.17, 15) is 14.9 Å². The number of hydrogen-bond donors (Lipinski definition) is 0. The van der Waals surface area contributed by atoms with E-state index in [1.807, 2.05) is 42.5 Å². The molecule has 0 bridgehead atoms. The van der Waals surface area contributed by atoms with Crippen LogP contribution in [-0.4, -0.2) is 16.8 Å². The van der Waals surface area contributed by atoms with Crippen LogP contribution < -0.4 is 0 Å². The summed E-state index contributed by atoms with van der Waals surface area (Å²) >= 11 is 6.09. The van der Waals surface area contributed by atoms with Crippen molar-refractivity contribution in [3.05, 3.63) is 92.6 Å². The molecule has 4 rings (SSSR count). The number of carbonyl (C=O) groups is 1. The molecule has 132 valence electrons. The zero-order valence-corrected chi connectivity index (χ0v) is 14.5. The topological polar surface area (TPSA) is 81.8 Å². The molecular weight excluding hydrogens is 368 g/mol. The summed E-state index contributed by atoms with van der Waals surface area (Å²) in [7, 11) is 0. The summed E-state index contributed by atoms with van der Waals surface area (Å²) in [5.41, 5.74) is 0.917. The average Bonchev–Trinajstić information content (AvgIpc) is 3.02. The standard InChI is InChI=1S/C20H11ClN2O4/c21-17-8-7-15(23(25)26)11-16(17)19-22-18(20(24)27-19)10-12-5-6-13-3-1-2-4-14(13)9-12/h1-11H. The van der Waals surface area contributed by atoms with Gasteiger partial charge in [-0.05, 0) is 34.5 Å². The van der Waals surface area contributed by atoms with E-state index in [1.54, 1.807) is 6.08 Å². The summed E-state index contributed by atoms with van der Waals surface area (Å²) in [4.78, 5) is 26.8. The van der Waals surface area contributed by atoms with Crippen molar-refractivity contribution in [2.45, 2.75) is 0 Å². The first-order valence-corrected chi connectivity index (χ1v) is 8.35. The highest BCUT2D eigenvalue weighted by Crippen LogP contribution is 2.27. The molecule has 0 saturated carbocycles. The maximum atomic E-state index is 12.2. The number of nitro groups is 1. The largest absolute Gasteiger partial charge is 0.402 e. The molecule has 3 aromatic carbocycles. The Hall–Kier alpha value is -3.51. The SMILES string of the molecule is O=C1OC(c2cc([N+](=O)[O-])ccc2Cl)=NC1=Cc1ccc2ccccc2c1. The lowest BCUT2D eigenvalue weighted by Gasteiger charge is -2.02. The van der Waals surface area contributed by atoms with Crippen LogP contribution in [-0.2, 0) is 9.53 Å². The van der Waals surface area contributed by atoms with E-state index in [-0.39, 0.29) is 27.9 Å². The smallest absolute Gasteiger partial charge is 0.363 e. The molecule has 0 radical (unpaired) electrons. The number of ether oxygens (including phenoxy) is 1. The van der Waals surface area contributed by atoms with Crippen molar-refractivity contribution in [2.75, 3.05) is 0 Å². The van der Waals surface area contributed by atoms with Gasteiger partial charge in [0.2, 0.25) is 5.90 Å². The zero-order chi connectivity index (χ0) is 19.0. The molecule has 0 atom stereocenters. The highest BCUT2D eigenvalue weighted by Gasteiger charge is 2.27. The Morgan fingerprint density at radius 3 is 2.59 bits per heavy atom. The van der Waals surface area contributed by atoms with E-state index in [4.69, 9.17) is 16.3 Å².